The number of anilines is 2. The molecule has 0 aliphatic carbocycles. The number of amides is 3. The second-order valence-corrected chi connectivity index (χ2v) is 6.33. The van der Waals surface area contributed by atoms with Crippen molar-refractivity contribution in [2.75, 3.05) is 23.3 Å². The highest BCUT2D eigenvalue weighted by Gasteiger charge is 2.20. The minimum absolute atomic E-state index is 0.0923. The number of carbonyl (C=O) groups is 2. The van der Waals surface area contributed by atoms with Gasteiger partial charge < -0.3 is 10.6 Å². The van der Waals surface area contributed by atoms with Crippen LogP contribution in [0.3, 0.4) is 0 Å². The maximum atomic E-state index is 12.5. The molecule has 0 atom stereocenters. The average Bonchev–Trinajstić information content (AvgIpc) is 3.15. The van der Waals surface area contributed by atoms with E-state index in [0.717, 1.165) is 16.8 Å². The van der Waals surface area contributed by atoms with Crippen molar-refractivity contribution in [3.8, 4) is 11.1 Å². The molecule has 134 valence electrons. The van der Waals surface area contributed by atoms with Crippen molar-refractivity contribution in [2.45, 2.75) is 0 Å². The highest BCUT2D eigenvalue weighted by molar-refractivity contribution is 6.04. The number of hydrogen-bond acceptors (Lipinski definition) is 2. The second-order valence-electron chi connectivity index (χ2n) is 6.33. The van der Waals surface area contributed by atoms with E-state index in [1.807, 2.05) is 66.7 Å². The zero-order valence-electron chi connectivity index (χ0n) is 14.7. The predicted octanol–water partition coefficient (Wildman–Crippen LogP) is 4.14. The van der Waals surface area contributed by atoms with E-state index < -0.39 is 0 Å². The molecule has 0 saturated carbocycles. The van der Waals surface area contributed by atoms with Gasteiger partial charge in [-0.15, -0.1) is 0 Å². The first-order chi connectivity index (χ1) is 13.2. The highest BCUT2D eigenvalue weighted by Crippen LogP contribution is 2.22. The molecule has 0 aromatic heterocycles. The molecular formula is C22H19N3O2. The fourth-order valence-electron chi connectivity index (χ4n) is 3.09. The fourth-order valence-corrected chi connectivity index (χ4v) is 3.09. The van der Waals surface area contributed by atoms with Crippen LogP contribution in [0.5, 0.6) is 0 Å². The van der Waals surface area contributed by atoms with E-state index in [9.17, 15) is 9.59 Å². The summed E-state index contributed by atoms with van der Waals surface area (Å²) in [6.45, 7) is 1.30. The summed E-state index contributed by atoms with van der Waals surface area (Å²) in [7, 11) is 0. The van der Waals surface area contributed by atoms with Gasteiger partial charge in [-0.05, 0) is 47.5 Å². The first-order valence-corrected chi connectivity index (χ1v) is 8.83. The lowest BCUT2D eigenvalue weighted by atomic mass is 10.0. The largest absolute Gasteiger partial charge is 0.336 e. The summed E-state index contributed by atoms with van der Waals surface area (Å²) >= 11 is 0. The van der Waals surface area contributed by atoms with Crippen LogP contribution in [0.1, 0.15) is 10.4 Å². The van der Waals surface area contributed by atoms with Crippen molar-refractivity contribution in [3.05, 3.63) is 84.4 Å². The number of rotatable bonds is 4. The minimum Gasteiger partial charge on any atom is -0.336 e. The molecule has 2 N–H and O–H groups in total. The van der Waals surface area contributed by atoms with Crippen LogP contribution < -0.4 is 15.5 Å². The lowest BCUT2D eigenvalue weighted by molar-refractivity contribution is 0.102. The summed E-state index contributed by atoms with van der Waals surface area (Å²) in [5.74, 6) is -0.165. The Labute approximate surface area is 157 Å². The van der Waals surface area contributed by atoms with E-state index in [-0.39, 0.29) is 11.9 Å². The molecule has 0 radical (unpaired) electrons. The Kier molecular flexibility index (Phi) is 4.58. The maximum Gasteiger partial charge on any atom is 0.321 e. The summed E-state index contributed by atoms with van der Waals surface area (Å²) in [5.41, 5.74) is 4.29. The van der Waals surface area contributed by atoms with Gasteiger partial charge in [-0.1, -0.05) is 42.5 Å². The predicted molar refractivity (Wildman–Crippen MR) is 107 cm³/mol. The first-order valence-electron chi connectivity index (χ1n) is 8.83. The first kappa shape index (κ1) is 16.8. The van der Waals surface area contributed by atoms with Gasteiger partial charge in [0, 0.05) is 30.0 Å². The molecule has 3 aromatic rings. The summed E-state index contributed by atoms with van der Waals surface area (Å²) in [6, 6.07) is 24.7. The number of nitrogens with one attached hydrogen (secondary N) is 2. The van der Waals surface area contributed by atoms with E-state index in [0.29, 0.717) is 24.3 Å². The Balaban J connectivity index is 1.43. The molecule has 3 amide bonds. The van der Waals surface area contributed by atoms with Crippen molar-refractivity contribution < 1.29 is 9.59 Å². The Morgan fingerprint density at radius 1 is 0.852 bits per heavy atom. The van der Waals surface area contributed by atoms with Crippen molar-refractivity contribution >= 4 is 23.3 Å². The Morgan fingerprint density at radius 3 is 2.15 bits per heavy atom. The molecule has 0 bridgehead atoms. The van der Waals surface area contributed by atoms with Gasteiger partial charge in [0.25, 0.3) is 5.91 Å². The van der Waals surface area contributed by atoms with Crippen molar-refractivity contribution in [3.63, 3.8) is 0 Å². The molecule has 0 spiro atoms. The molecule has 5 nitrogen and oxygen atoms in total. The minimum atomic E-state index is -0.165. The summed E-state index contributed by atoms with van der Waals surface area (Å²) < 4.78 is 0. The van der Waals surface area contributed by atoms with Gasteiger partial charge >= 0.3 is 6.03 Å². The third kappa shape index (κ3) is 3.67. The number of nitrogens with zero attached hydrogens (tertiary/aromatic N) is 1. The monoisotopic (exact) mass is 357 g/mol. The molecule has 27 heavy (non-hydrogen) atoms. The Bertz CT molecular complexity index is 951. The summed E-state index contributed by atoms with van der Waals surface area (Å²) in [5, 5.41) is 5.66. The quantitative estimate of drug-likeness (QED) is 0.737. The van der Waals surface area contributed by atoms with Crippen LogP contribution >= 0.6 is 0 Å². The standard InChI is InChI=1S/C22H19N3O2/c26-21(18-8-6-17(7-9-18)16-4-2-1-3-5-16)24-19-10-12-20(13-11-19)25-15-14-23-22(25)27/h1-13H,14-15H2,(H,23,27)(H,24,26). The Hall–Kier alpha value is -3.60. The zero-order chi connectivity index (χ0) is 18.6. The van der Waals surface area contributed by atoms with Crippen LogP contribution in [0.15, 0.2) is 78.9 Å². The van der Waals surface area contributed by atoms with Gasteiger partial charge in [-0.2, -0.15) is 0 Å². The normalized spacial score (nSPS) is 13.3. The third-order valence-electron chi connectivity index (χ3n) is 4.55. The van der Waals surface area contributed by atoms with Crippen LogP contribution in [0, 0.1) is 0 Å². The summed E-state index contributed by atoms with van der Waals surface area (Å²) in [6.07, 6.45) is 0. The van der Waals surface area contributed by atoms with E-state index in [2.05, 4.69) is 10.6 Å². The highest BCUT2D eigenvalue weighted by atomic mass is 16.2. The smallest absolute Gasteiger partial charge is 0.321 e. The summed E-state index contributed by atoms with van der Waals surface area (Å²) in [4.78, 5) is 25.8. The molecule has 0 unspecified atom stereocenters. The molecule has 5 heteroatoms. The second kappa shape index (κ2) is 7.33. The van der Waals surface area contributed by atoms with Crippen LogP contribution in [0.4, 0.5) is 16.2 Å². The van der Waals surface area contributed by atoms with Crippen LogP contribution in [-0.4, -0.2) is 25.0 Å². The molecule has 1 saturated heterocycles. The van der Waals surface area contributed by atoms with E-state index >= 15 is 0 Å². The van der Waals surface area contributed by atoms with Gasteiger partial charge in [0.2, 0.25) is 0 Å². The lowest BCUT2D eigenvalue weighted by Gasteiger charge is -2.14. The third-order valence-corrected chi connectivity index (χ3v) is 4.55. The van der Waals surface area contributed by atoms with Gasteiger partial charge in [0.1, 0.15) is 0 Å². The van der Waals surface area contributed by atoms with Crippen molar-refractivity contribution in [1.29, 1.82) is 0 Å². The number of urea groups is 1. The maximum absolute atomic E-state index is 12.5. The van der Waals surface area contributed by atoms with Crippen molar-refractivity contribution in [2.24, 2.45) is 0 Å². The van der Waals surface area contributed by atoms with E-state index in [1.54, 1.807) is 17.0 Å². The molecule has 1 aliphatic rings. The van der Waals surface area contributed by atoms with Crippen LogP contribution in [0.2, 0.25) is 0 Å². The molecule has 4 rings (SSSR count). The zero-order valence-corrected chi connectivity index (χ0v) is 14.7. The van der Waals surface area contributed by atoms with E-state index in [4.69, 9.17) is 0 Å². The van der Waals surface area contributed by atoms with Gasteiger partial charge in [0.15, 0.2) is 0 Å². The SMILES string of the molecule is O=C(Nc1ccc(N2CCNC2=O)cc1)c1ccc(-c2ccccc2)cc1. The number of hydrogen-bond donors (Lipinski definition) is 2. The fraction of sp³-hybridized carbons (Fsp3) is 0.0909. The van der Waals surface area contributed by atoms with Crippen LogP contribution in [-0.2, 0) is 0 Å². The van der Waals surface area contributed by atoms with Gasteiger partial charge in [0.05, 0.1) is 0 Å². The molecular weight excluding hydrogens is 338 g/mol. The molecule has 1 aliphatic heterocycles. The molecule has 1 heterocycles. The lowest BCUT2D eigenvalue weighted by Crippen LogP contribution is -2.27. The number of benzene rings is 3. The average molecular weight is 357 g/mol. The van der Waals surface area contributed by atoms with Gasteiger partial charge in [-0.3, -0.25) is 9.69 Å². The molecule has 3 aromatic carbocycles. The Morgan fingerprint density at radius 2 is 1.52 bits per heavy atom. The van der Waals surface area contributed by atoms with Crippen molar-refractivity contribution in [1.82, 2.24) is 5.32 Å². The topological polar surface area (TPSA) is 61.4 Å². The van der Waals surface area contributed by atoms with Crippen LogP contribution in [0.25, 0.3) is 11.1 Å². The van der Waals surface area contributed by atoms with Gasteiger partial charge in [-0.25, -0.2) is 4.79 Å². The van der Waals surface area contributed by atoms with E-state index in [1.165, 1.54) is 0 Å². The number of carbonyl (C=O) groups excluding carboxylic acids is 2. The molecule has 1 fully saturated rings.